The Balaban J connectivity index is 1.44. The smallest absolute Gasteiger partial charge is 0.252 e. The normalized spacial score (nSPS) is 15.6. The fourth-order valence-electron chi connectivity index (χ4n) is 3.77. The number of fused-ring (bicyclic) bond motifs is 1. The number of benzene rings is 1. The molecule has 1 atom stereocenters. The lowest BCUT2D eigenvalue weighted by atomic mass is 9.93. The van der Waals surface area contributed by atoms with Crippen molar-refractivity contribution < 1.29 is 18.8 Å². The summed E-state index contributed by atoms with van der Waals surface area (Å²) >= 11 is 0. The Morgan fingerprint density at radius 1 is 1.31 bits per heavy atom. The highest BCUT2D eigenvalue weighted by molar-refractivity contribution is 5.96. The monoisotopic (exact) mass is 396 g/mol. The first-order chi connectivity index (χ1) is 14.2. The zero-order chi connectivity index (χ0) is 20.2. The maximum absolute atomic E-state index is 12.7. The molecule has 0 fully saturated rings. The minimum atomic E-state index is 0.123. The molecule has 0 amide bonds. The Labute approximate surface area is 168 Å². The van der Waals surface area contributed by atoms with Gasteiger partial charge in [-0.2, -0.15) is 10.1 Å². The van der Waals surface area contributed by atoms with Crippen molar-refractivity contribution in [2.24, 2.45) is 0 Å². The van der Waals surface area contributed by atoms with Crippen molar-refractivity contribution in [1.29, 1.82) is 0 Å². The van der Waals surface area contributed by atoms with Crippen LogP contribution in [0.15, 0.2) is 35.1 Å². The molecule has 8 heteroatoms. The highest BCUT2D eigenvalue weighted by Gasteiger charge is 2.26. The van der Waals surface area contributed by atoms with Crippen LogP contribution in [0.25, 0.3) is 11.4 Å². The third kappa shape index (κ3) is 4.28. The molecule has 0 radical (unpaired) electrons. The van der Waals surface area contributed by atoms with Crippen molar-refractivity contribution in [3.05, 3.63) is 53.2 Å². The van der Waals surface area contributed by atoms with Gasteiger partial charge in [-0.05, 0) is 36.0 Å². The van der Waals surface area contributed by atoms with E-state index in [0.29, 0.717) is 43.5 Å². The van der Waals surface area contributed by atoms with E-state index in [1.165, 1.54) is 11.1 Å². The number of aromatic nitrogens is 4. The van der Waals surface area contributed by atoms with Crippen LogP contribution in [0.5, 0.6) is 0 Å². The van der Waals surface area contributed by atoms with E-state index in [0.717, 1.165) is 18.4 Å². The molecule has 3 aromatic rings. The number of rotatable bonds is 9. The van der Waals surface area contributed by atoms with Crippen LogP contribution in [0.1, 0.15) is 46.1 Å². The zero-order valence-corrected chi connectivity index (χ0v) is 16.6. The SMILES string of the molecule is COCCn1cc(C(=O)C[C@@H]2CCc3cc(-c4noc(COC)n4)ccc32)cn1. The van der Waals surface area contributed by atoms with Gasteiger partial charge in [0.25, 0.3) is 5.89 Å². The quantitative estimate of drug-likeness (QED) is 0.513. The summed E-state index contributed by atoms with van der Waals surface area (Å²) in [6.07, 6.45) is 5.84. The second kappa shape index (κ2) is 8.67. The Bertz CT molecular complexity index is 994. The van der Waals surface area contributed by atoms with Gasteiger partial charge in [0, 0.05) is 32.4 Å². The molecule has 1 aliphatic carbocycles. The molecule has 0 spiro atoms. The van der Waals surface area contributed by atoms with Crippen molar-refractivity contribution in [3.63, 3.8) is 0 Å². The number of ketones is 1. The standard InChI is InChI=1S/C21H24N4O4/c1-27-8-7-25-12-17(11-22-25)19(26)10-15-4-3-14-9-16(5-6-18(14)15)21-23-20(13-28-2)29-24-21/h5-6,9,11-12,15H,3-4,7-8,10,13H2,1-2H3/t15-/m0/s1. The van der Waals surface area contributed by atoms with E-state index < -0.39 is 0 Å². The molecule has 2 aromatic heterocycles. The molecule has 1 aliphatic rings. The third-order valence-corrected chi connectivity index (χ3v) is 5.25. The van der Waals surface area contributed by atoms with E-state index in [4.69, 9.17) is 14.0 Å². The highest BCUT2D eigenvalue weighted by atomic mass is 16.5. The van der Waals surface area contributed by atoms with Crippen molar-refractivity contribution in [1.82, 2.24) is 19.9 Å². The van der Waals surface area contributed by atoms with Gasteiger partial charge in [0.05, 0.1) is 24.9 Å². The maximum Gasteiger partial charge on any atom is 0.252 e. The Kier molecular flexibility index (Phi) is 5.82. The van der Waals surface area contributed by atoms with Crippen LogP contribution in [0.4, 0.5) is 0 Å². The lowest BCUT2D eigenvalue weighted by Gasteiger charge is -2.10. The molecule has 0 aliphatic heterocycles. The summed E-state index contributed by atoms with van der Waals surface area (Å²) in [6.45, 7) is 1.51. The van der Waals surface area contributed by atoms with Gasteiger partial charge in [-0.25, -0.2) is 0 Å². The minimum absolute atomic E-state index is 0.123. The Morgan fingerprint density at radius 3 is 3.03 bits per heavy atom. The molecule has 0 N–H and O–H groups in total. The maximum atomic E-state index is 12.7. The van der Waals surface area contributed by atoms with E-state index in [9.17, 15) is 4.79 Å². The molecule has 29 heavy (non-hydrogen) atoms. The number of hydrogen-bond donors (Lipinski definition) is 0. The number of ether oxygens (including phenoxy) is 2. The van der Waals surface area contributed by atoms with E-state index >= 15 is 0 Å². The second-order valence-electron chi connectivity index (χ2n) is 7.21. The molecule has 0 unspecified atom stereocenters. The van der Waals surface area contributed by atoms with Crippen molar-refractivity contribution in [2.45, 2.75) is 38.3 Å². The van der Waals surface area contributed by atoms with Crippen LogP contribution in [0.3, 0.4) is 0 Å². The van der Waals surface area contributed by atoms with Crippen LogP contribution < -0.4 is 0 Å². The summed E-state index contributed by atoms with van der Waals surface area (Å²) in [5.74, 6) is 1.36. The summed E-state index contributed by atoms with van der Waals surface area (Å²) in [7, 11) is 3.24. The molecule has 1 aromatic carbocycles. The molecular weight excluding hydrogens is 372 g/mol. The molecule has 0 saturated heterocycles. The number of hydrogen-bond acceptors (Lipinski definition) is 7. The molecule has 2 heterocycles. The number of nitrogens with zero attached hydrogens (tertiary/aromatic N) is 4. The average Bonchev–Trinajstić information content (AvgIpc) is 3.46. The van der Waals surface area contributed by atoms with Gasteiger partial charge in [-0.1, -0.05) is 17.3 Å². The fraction of sp³-hybridized carbons (Fsp3) is 0.429. The van der Waals surface area contributed by atoms with Crippen LogP contribution in [0, 0.1) is 0 Å². The van der Waals surface area contributed by atoms with E-state index in [-0.39, 0.29) is 11.7 Å². The summed E-state index contributed by atoms with van der Waals surface area (Å²) < 4.78 is 17.0. The minimum Gasteiger partial charge on any atom is -0.383 e. The molecule has 152 valence electrons. The zero-order valence-electron chi connectivity index (χ0n) is 16.6. The molecule has 8 nitrogen and oxygen atoms in total. The number of aryl methyl sites for hydroxylation is 1. The number of carbonyl (C=O) groups excluding carboxylic acids is 1. The van der Waals surface area contributed by atoms with Gasteiger partial charge in [0.15, 0.2) is 5.78 Å². The fourth-order valence-corrected chi connectivity index (χ4v) is 3.77. The van der Waals surface area contributed by atoms with Crippen LogP contribution in [0.2, 0.25) is 0 Å². The summed E-state index contributed by atoms with van der Waals surface area (Å²) in [4.78, 5) is 17.1. The van der Waals surface area contributed by atoms with Crippen molar-refractivity contribution >= 4 is 5.78 Å². The first-order valence-electron chi connectivity index (χ1n) is 9.67. The van der Waals surface area contributed by atoms with Crippen LogP contribution in [-0.2, 0) is 29.0 Å². The van der Waals surface area contributed by atoms with Gasteiger partial charge in [-0.3, -0.25) is 9.48 Å². The average molecular weight is 396 g/mol. The molecule has 0 saturated carbocycles. The van der Waals surface area contributed by atoms with Crippen molar-refractivity contribution in [2.75, 3.05) is 20.8 Å². The first-order valence-corrected chi connectivity index (χ1v) is 9.67. The summed E-state index contributed by atoms with van der Waals surface area (Å²) in [6, 6.07) is 6.18. The van der Waals surface area contributed by atoms with E-state index in [1.807, 2.05) is 6.07 Å². The number of Topliss-reactive ketones (excluding diaryl/α,β-unsaturated/α-hetero) is 1. The van der Waals surface area contributed by atoms with Gasteiger partial charge in [0.1, 0.15) is 6.61 Å². The van der Waals surface area contributed by atoms with Gasteiger partial charge >= 0.3 is 0 Å². The summed E-state index contributed by atoms with van der Waals surface area (Å²) in [5.41, 5.74) is 4.05. The molecule has 4 rings (SSSR count). The topological polar surface area (TPSA) is 92.3 Å². The van der Waals surface area contributed by atoms with Gasteiger partial charge in [0.2, 0.25) is 5.82 Å². The lowest BCUT2D eigenvalue weighted by molar-refractivity contribution is 0.0973. The van der Waals surface area contributed by atoms with E-state index in [1.54, 1.807) is 31.3 Å². The number of methoxy groups -OCH3 is 2. The van der Waals surface area contributed by atoms with Crippen LogP contribution in [-0.4, -0.2) is 46.5 Å². The van der Waals surface area contributed by atoms with Crippen LogP contribution >= 0.6 is 0 Å². The summed E-state index contributed by atoms with van der Waals surface area (Å²) in [5, 5.41) is 8.26. The third-order valence-electron chi connectivity index (χ3n) is 5.25. The lowest BCUT2D eigenvalue weighted by Crippen LogP contribution is -2.06. The van der Waals surface area contributed by atoms with E-state index in [2.05, 4.69) is 27.4 Å². The van der Waals surface area contributed by atoms with Crippen molar-refractivity contribution in [3.8, 4) is 11.4 Å². The van der Waals surface area contributed by atoms with Gasteiger partial charge in [-0.15, -0.1) is 0 Å². The Morgan fingerprint density at radius 2 is 2.21 bits per heavy atom. The largest absolute Gasteiger partial charge is 0.383 e. The molecular formula is C21H24N4O4. The second-order valence-corrected chi connectivity index (χ2v) is 7.21. The predicted octanol–water partition coefficient (Wildman–Crippen LogP) is 3.03. The first kappa shape index (κ1) is 19.5. The number of carbonyl (C=O) groups is 1. The van der Waals surface area contributed by atoms with Gasteiger partial charge < -0.3 is 14.0 Å². The highest BCUT2D eigenvalue weighted by Crippen LogP contribution is 2.38. The molecule has 0 bridgehead atoms. The Hall–Kier alpha value is -2.84. The predicted molar refractivity (Wildman–Crippen MR) is 105 cm³/mol.